The molecule has 0 saturated carbocycles. The Bertz CT molecular complexity index is 800. The number of rotatable bonds is 11. The summed E-state index contributed by atoms with van der Waals surface area (Å²) in [7, 11) is 1.20. The molecule has 0 aliphatic carbocycles. The lowest BCUT2D eigenvalue weighted by Crippen LogP contribution is -2.49. The van der Waals surface area contributed by atoms with Crippen molar-refractivity contribution < 1.29 is 28.7 Å². The number of hydrogen-bond donors (Lipinski definition) is 5. The van der Waals surface area contributed by atoms with Crippen molar-refractivity contribution >= 4 is 23.8 Å². The molecule has 0 spiro atoms. The number of nitrogen functional groups attached to an aromatic ring is 1. The van der Waals surface area contributed by atoms with Crippen LogP contribution < -0.4 is 21.8 Å². The number of benzene rings is 1. The lowest BCUT2D eigenvalue weighted by atomic mass is 9.99. The summed E-state index contributed by atoms with van der Waals surface area (Å²) in [5.74, 6) is -1.03. The van der Waals surface area contributed by atoms with Gasteiger partial charge in [0.1, 0.15) is 11.9 Å². The highest BCUT2D eigenvalue weighted by molar-refractivity contribution is 5.94. The van der Waals surface area contributed by atoms with Crippen LogP contribution in [0, 0.1) is 5.41 Å². The summed E-state index contributed by atoms with van der Waals surface area (Å²) in [6, 6.07) is 6.06. The minimum absolute atomic E-state index is 0.00398. The number of nitrogens with one attached hydrogen (secondary N) is 4. The molecule has 1 aliphatic heterocycles. The zero-order chi connectivity index (χ0) is 23.5. The van der Waals surface area contributed by atoms with Crippen LogP contribution in [0.2, 0.25) is 0 Å². The van der Waals surface area contributed by atoms with Gasteiger partial charge in [-0.1, -0.05) is 37.6 Å². The van der Waals surface area contributed by atoms with Crippen molar-refractivity contribution in [2.75, 3.05) is 20.3 Å². The molecule has 0 radical (unpaired) electrons. The molecule has 0 unspecified atom stereocenters. The minimum atomic E-state index is -1.06. The van der Waals surface area contributed by atoms with Gasteiger partial charge < -0.3 is 25.8 Å². The Morgan fingerprint density at radius 2 is 2.03 bits per heavy atom. The van der Waals surface area contributed by atoms with E-state index in [1.807, 2.05) is 19.1 Å². The number of methoxy groups -OCH3 is 1. The summed E-state index contributed by atoms with van der Waals surface area (Å²) in [6.45, 7) is 2.07. The maximum atomic E-state index is 12.3. The van der Waals surface area contributed by atoms with Crippen molar-refractivity contribution in [2.45, 2.75) is 50.8 Å². The zero-order valence-corrected chi connectivity index (χ0v) is 18.3. The van der Waals surface area contributed by atoms with Crippen molar-refractivity contribution in [2.24, 2.45) is 5.73 Å². The fourth-order valence-corrected chi connectivity index (χ4v) is 3.09. The van der Waals surface area contributed by atoms with Crippen molar-refractivity contribution in [3.63, 3.8) is 0 Å². The average molecular weight is 450 g/mol. The molecule has 1 aliphatic rings. The summed E-state index contributed by atoms with van der Waals surface area (Å²) in [5, 5.41) is 12.5. The third kappa shape index (κ3) is 7.82. The van der Waals surface area contributed by atoms with Crippen LogP contribution in [0.5, 0.6) is 0 Å². The van der Waals surface area contributed by atoms with Gasteiger partial charge in [0.05, 0.1) is 32.3 Å². The molecule has 176 valence electrons. The number of alkyl carbamates (subject to hydrolysis) is 1. The lowest BCUT2D eigenvalue weighted by molar-refractivity contribution is -0.143. The monoisotopic (exact) mass is 449 g/mol. The first kappa shape index (κ1) is 25.1. The van der Waals surface area contributed by atoms with Gasteiger partial charge >= 0.3 is 12.1 Å². The van der Waals surface area contributed by atoms with Crippen LogP contribution in [0.4, 0.5) is 4.79 Å². The summed E-state index contributed by atoms with van der Waals surface area (Å²) in [6.07, 6.45) is 1.11. The van der Waals surface area contributed by atoms with Crippen molar-refractivity contribution in [3.05, 3.63) is 35.4 Å². The number of amides is 2. The van der Waals surface area contributed by atoms with E-state index in [4.69, 9.17) is 20.7 Å². The molecule has 1 aromatic carbocycles. The summed E-state index contributed by atoms with van der Waals surface area (Å²) in [5.41, 5.74) is 9.96. The van der Waals surface area contributed by atoms with Crippen LogP contribution in [0.25, 0.3) is 0 Å². The number of esters is 1. The Hall–Kier alpha value is -3.18. The second kappa shape index (κ2) is 12.6. The Balaban J connectivity index is 1.79. The van der Waals surface area contributed by atoms with Crippen molar-refractivity contribution in [3.8, 4) is 0 Å². The average Bonchev–Trinajstić information content (AvgIpc) is 3.24. The maximum Gasteiger partial charge on any atom is 0.407 e. The molecule has 1 heterocycles. The Morgan fingerprint density at radius 1 is 1.31 bits per heavy atom. The molecule has 1 fully saturated rings. The predicted octanol–water partition coefficient (Wildman–Crippen LogP) is 0.879. The van der Waals surface area contributed by atoms with Gasteiger partial charge in [-0.3, -0.25) is 15.0 Å². The fourth-order valence-electron chi connectivity index (χ4n) is 3.09. The van der Waals surface area contributed by atoms with Gasteiger partial charge in [0.2, 0.25) is 5.91 Å². The number of carbonyl (C=O) groups is 3. The molecule has 11 heteroatoms. The molecule has 1 saturated heterocycles. The van der Waals surface area contributed by atoms with E-state index in [-0.39, 0.29) is 43.5 Å². The second-order valence-corrected chi connectivity index (χ2v) is 7.40. The number of unbranched alkanes of at least 4 members (excludes halogenated alkanes) is 1. The molecular weight excluding hydrogens is 418 g/mol. The molecular formula is C21H31N5O6. The number of hydrogen-bond acceptors (Lipinski definition) is 8. The molecule has 32 heavy (non-hydrogen) atoms. The first-order chi connectivity index (χ1) is 15.3. The minimum Gasteiger partial charge on any atom is -0.467 e. The van der Waals surface area contributed by atoms with E-state index in [0.717, 1.165) is 12.0 Å². The zero-order valence-electron chi connectivity index (χ0n) is 18.3. The van der Waals surface area contributed by atoms with Gasteiger partial charge in [-0.05, 0) is 18.4 Å². The number of carbonyl (C=O) groups excluding carboxylic acids is 3. The van der Waals surface area contributed by atoms with Gasteiger partial charge in [-0.25, -0.2) is 9.59 Å². The second-order valence-electron chi connectivity index (χ2n) is 7.40. The smallest absolute Gasteiger partial charge is 0.407 e. The number of nitrogens with two attached hydrogens (primary N) is 1. The van der Waals surface area contributed by atoms with Gasteiger partial charge in [0.15, 0.2) is 0 Å². The van der Waals surface area contributed by atoms with E-state index < -0.39 is 18.1 Å². The molecule has 1 aromatic rings. The van der Waals surface area contributed by atoms with Crippen LogP contribution in [-0.2, 0) is 23.9 Å². The standard InChI is InChI=1S/C21H31N5O6/c1-3-4-9-31-21(29)25-17(20(28)30-2)12-24-18(27)11-15-10-16(26-32-15)13-5-7-14(8-6-13)19(22)23/h5-8,15-17,26H,3-4,9-12H2,1-2H3,(H3,22,23)(H,24,27)(H,25,29)/t15-,16+,17+/m1/s1. The summed E-state index contributed by atoms with van der Waals surface area (Å²) < 4.78 is 9.65. The first-order valence-electron chi connectivity index (χ1n) is 10.5. The molecule has 6 N–H and O–H groups in total. The van der Waals surface area contributed by atoms with Crippen LogP contribution in [-0.4, -0.2) is 56.2 Å². The van der Waals surface area contributed by atoms with Crippen LogP contribution in [0.3, 0.4) is 0 Å². The van der Waals surface area contributed by atoms with Crippen LogP contribution in [0.15, 0.2) is 24.3 Å². The van der Waals surface area contributed by atoms with E-state index in [9.17, 15) is 14.4 Å². The lowest BCUT2D eigenvalue weighted by Gasteiger charge is -2.17. The first-order valence-corrected chi connectivity index (χ1v) is 10.5. The molecule has 2 amide bonds. The molecule has 2 rings (SSSR count). The van der Waals surface area contributed by atoms with E-state index in [2.05, 4.69) is 20.9 Å². The largest absolute Gasteiger partial charge is 0.467 e. The van der Waals surface area contributed by atoms with E-state index in [1.165, 1.54) is 7.11 Å². The van der Waals surface area contributed by atoms with Crippen LogP contribution >= 0.6 is 0 Å². The molecule has 11 nitrogen and oxygen atoms in total. The number of hydroxylamine groups is 1. The van der Waals surface area contributed by atoms with Crippen molar-refractivity contribution in [1.82, 2.24) is 16.1 Å². The summed E-state index contributed by atoms with van der Waals surface area (Å²) >= 11 is 0. The maximum absolute atomic E-state index is 12.3. The van der Waals surface area contributed by atoms with Gasteiger partial charge in [0.25, 0.3) is 0 Å². The Morgan fingerprint density at radius 3 is 2.66 bits per heavy atom. The van der Waals surface area contributed by atoms with Gasteiger partial charge in [-0.2, -0.15) is 5.48 Å². The van der Waals surface area contributed by atoms with E-state index in [1.54, 1.807) is 12.1 Å². The molecule has 3 atom stereocenters. The normalized spacial score (nSPS) is 18.4. The quantitative estimate of drug-likeness (QED) is 0.144. The van der Waals surface area contributed by atoms with Crippen LogP contribution in [0.1, 0.15) is 49.8 Å². The molecule has 0 bridgehead atoms. The third-order valence-corrected chi connectivity index (χ3v) is 4.92. The highest BCUT2D eigenvalue weighted by atomic mass is 16.7. The predicted molar refractivity (Wildman–Crippen MR) is 116 cm³/mol. The van der Waals surface area contributed by atoms with Gasteiger partial charge in [0, 0.05) is 12.1 Å². The summed E-state index contributed by atoms with van der Waals surface area (Å²) in [4.78, 5) is 41.5. The van der Waals surface area contributed by atoms with E-state index in [0.29, 0.717) is 18.4 Å². The van der Waals surface area contributed by atoms with E-state index >= 15 is 0 Å². The Labute approximate surface area is 186 Å². The third-order valence-electron chi connectivity index (χ3n) is 4.92. The number of ether oxygens (including phenoxy) is 2. The topological polar surface area (TPSA) is 165 Å². The fraction of sp³-hybridized carbons (Fsp3) is 0.524. The Kier molecular flexibility index (Phi) is 9.89. The number of amidine groups is 1. The highest BCUT2D eigenvalue weighted by Crippen LogP contribution is 2.27. The molecule has 0 aromatic heterocycles. The highest BCUT2D eigenvalue weighted by Gasteiger charge is 2.29. The SMILES string of the molecule is CCCCOC(=O)N[C@@H](CNC(=O)C[C@H]1C[C@@H](c2ccc(C(=N)N)cc2)NO1)C(=O)OC. The van der Waals surface area contributed by atoms with Gasteiger partial charge in [-0.15, -0.1) is 0 Å². The van der Waals surface area contributed by atoms with Crippen molar-refractivity contribution in [1.29, 1.82) is 5.41 Å².